The number of amides is 1. The summed E-state index contributed by atoms with van der Waals surface area (Å²) in [4.78, 5) is 12.3. The lowest BCUT2D eigenvalue weighted by Gasteiger charge is -2.32. The number of nitrogens with two attached hydrogens (primary N) is 1. The van der Waals surface area contributed by atoms with Crippen LogP contribution >= 0.6 is 11.8 Å². The average molecular weight is 270 g/mol. The lowest BCUT2D eigenvalue weighted by Crippen LogP contribution is -2.55. The second-order valence-electron chi connectivity index (χ2n) is 5.78. The normalized spacial score (nSPS) is 31.2. The standard InChI is InChI=1S/C14H26N2OS/c1-2-18-12-7-5-6-11(10-12)16-13(17)14(15)8-3-4-9-14/h11-12H,2-10,15H2,1H3,(H,16,17). The van der Waals surface area contributed by atoms with Crippen LogP contribution < -0.4 is 11.1 Å². The summed E-state index contributed by atoms with van der Waals surface area (Å²) in [5, 5.41) is 3.94. The van der Waals surface area contributed by atoms with E-state index in [-0.39, 0.29) is 5.91 Å². The molecular weight excluding hydrogens is 244 g/mol. The molecule has 0 saturated heterocycles. The van der Waals surface area contributed by atoms with Crippen LogP contribution in [0.15, 0.2) is 0 Å². The van der Waals surface area contributed by atoms with Gasteiger partial charge in [0, 0.05) is 11.3 Å². The van der Waals surface area contributed by atoms with Crippen LogP contribution in [0.4, 0.5) is 0 Å². The molecule has 1 amide bonds. The van der Waals surface area contributed by atoms with Gasteiger partial charge >= 0.3 is 0 Å². The Morgan fingerprint density at radius 3 is 2.72 bits per heavy atom. The van der Waals surface area contributed by atoms with Gasteiger partial charge in [-0.3, -0.25) is 4.79 Å². The van der Waals surface area contributed by atoms with Gasteiger partial charge in [-0.25, -0.2) is 0 Å². The third-order valence-electron chi connectivity index (χ3n) is 4.31. The monoisotopic (exact) mass is 270 g/mol. The van der Waals surface area contributed by atoms with Gasteiger partial charge in [0.25, 0.3) is 0 Å². The van der Waals surface area contributed by atoms with Gasteiger partial charge in [0.1, 0.15) is 0 Å². The molecule has 0 aromatic heterocycles. The van der Waals surface area contributed by atoms with Gasteiger partial charge in [0.05, 0.1) is 5.54 Å². The summed E-state index contributed by atoms with van der Waals surface area (Å²) in [5.41, 5.74) is 5.63. The Morgan fingerprint density at radius 1 is 1.33 bits per heavy atom. The highest BCUT2D eigenvalue weighted by Gasteiger charge is 2.38. The molecule has 0 radical (unpaired) electrons. The molecule has 2 aliphatic rings. The third-order valence-corrected chi connectivity index (χ3v) is 5.54. The number of hydrogen-bond donors (Lipinski definition) is 2. The van der Waals surface area contributed by atoms with Crippen molar-refractivity contribution in [1.82, 2.24) is 5.32 Å². The van der Waals surface area contributed by atoms with E-state index in [1.165, 1.54) is 18.6 Å². The van der Waals surface area contributed by atoms with Gasteiger partial charge in [-0.2, -0.15) is 11.8 Å². The summed E-state index contributed by atoms with van der Waals surface area (Å²) in [7, 11) is 0. The van der Waals surface area contributed by atoms with E-state index in [0.717, 1.165) is 43.8 Å². The largest absolute Gasteiger partial charge is 0.352 e. The Kier molecular flexibility index (Phi) is 4.96. The van der Waals surface area contributed by atoms with Gasteiger partial charge in [-0.05, 0) is 37.9 Å². The summed E-state index contributed by atoms with van der Waals surface area (Å²) >= 11 is 2.03. The molecule has 3 N–H and O–H groups in total. The lowest BCUT2D eigenvalue weighted by molar-refractivity contribution is -0.127. The molecule has 3 nitrogen and oxygen atoms in total. The molecule has 2 aliphatic carbocycles. The van der Waals surface area contributed by atoms with Crippen molar-refractivity contribution in [1.29, 1.82) is 0 Å². The molecule has 0 aromatic carbocycles. The first-order valence-corrected chi connectivity index (χ1v) is 8.40. The van der Waals surface area contributed by atoms with Crippen molar-refractivity contribution in [3.05, 3.63) is 0 Å². The molecule has 2 atom stereocenters. The molecule has 0 spiro atoms. The first kappa shape index (κ1) is 14.2. The maximum Gasteiger partial charge on any atom is 0.240 e. The zero-order valence-corrected chi connectivity index (χ0v) is 12.2. The maximum absolute atomic E-state index is 12.3. The van der Waals surface area contributed by atoms with Crippen molar-refractivity contribution in [3.8, 4) is 0 Å². The Morgan fingerprint density at radius 2 is 2.06 bits per heavy atom. The highest BCUT2D eigenvalue weighted by molar-refractivity contribution is 7.99. The van der Waals surface area contributed by atoms with Crippen molar-refractivity contribution in [2.24, 2.45) is 5.73 Å². The topological polar surface area (TPSA) is 55.1 Å². The van der Waals surface area contributed by atoms with Crippen LogP contribution in [0.2, 0.25) is 0 Å². The fourth-order valence-corrected chi connectivity index (χ4v) is 4.40. The fourth-order valence-electron chi connectivity index (χ4n) is 3.23. The third kappa shape index (κ3) is 3.41. The molecule has 0 bridgehead atoms. The van der Waals surface area contributed by atoms with E-state index < -0.39 is 5.54 Å². The molecule has 18 heavy (non-hydrogen) atoms. The quantitative estimate of drug-likeness (QED) is 0.825. The molecule has 2 fully saturated rings. The Bertz CT molecular complexity index is 288. The highest BCUT2D eigenvalue weighted by Crippen LogP contribution is 2.30. The van der Waals surface area contributed by atoms with Gasteiger partial charge in [0.15, 0.2) is 0 Å². The van der Waals surface area contributed by atoms with Crippen LogP contribution in [0.5, 0.6) is 0 Å². The van der Waals surface area contributed by atoms with Gasteiger partial charge in [-0.15, -0.1) is 0 Å². The van der Waals surface area contributed by atoms with Gasteiger partial charge < -0.3 is 11.1 Å². The molecular formula is C14H26N2OS. The average Bonchev–Trinajstić information content (AvgIpc) is 2.78. The first-order valence-electron chi connectivity index (χ1n) is 7.35. The van der Waals surface area contributed by atoms with Crippen LogP contribution in [0.3, 0.4) is 0 Å². The van der Waals surface area contributed by atoms with Crippen LogP contribution in [0.25, 0.3) is 0 Å². The van der Waals surface area contributed by atoms with E-state index in [0.29, 0.717) is 6.04 Å². The van der Waals surface area contributed by atoms with Crippen LogP contribution in [-0.4, -0.2) is 28.5 Å². The molecule has 104 valence electrons. The Hall–Kier alpha value is -0.220. The molecule has 0 aromatic rings. The molecule has 0 aliphatic heterocycles. The van der Waals surface area contributed by atoms with Crippen molar-refractivity contribution in [2.45, 2.75) is 75.1 Å². The zero-order chi connectivity index (χ0) is 13.0. The number of hydrogen-bond acceptors (Lipinski definition) is 3. The second-order valence-corrected chi connectivity index (χ2v) is 7.35. The first-order chi connectivity index (χ1) is 8.64. The summed E-state index contributed by atoms with van der Waals surface area (Å²) in [5.74, 6) is 1.28. The van der Waals surface area contributed by atoms with Gasteiger partial charge in [-0.1, -0.05) is 26.2 Å². The van der Waals surface area contributed by atoms with Gasteiger partial charge in [0.2, 0.25) is 5.91 Å². The molecule has 4 heteroatoms. The predicted octanol–water partition coefficient (Wildman–Crippen LogP) is 2.44. The number of rotatable bonds is 4. The van der Waals surface area contributed by atoms with E-state index in [4.69, 9.17) is 5.73 Å². The minimum absolute atomic E-state index is 0.104. The predicted molar refractivity (Wildman–Crippen MR) is 77.7 cm³/mol. The van der Waals surface area contributed by atoms with Crippen LogP contribution in [-0.2, 0) is 4.79 Å². The van der Waals surface area contributed by atoms with Crippen molar-refractivity contribution in [3.63, 3.8) is 0 Å². The summed E-state index contributed by atoms with van der Waals surface area (Å²) in [6, 6.07) is 0.358. The molecule has 2 saturated carbocycles. The van der Waals surface area contributed by atoms with E-state index in [1.807, 2.05) is 11.8 Å². The van der Waals surface area contributed by atoms with Crippen molar-refractivity contribution < 1.29 is 4.79 Å². The maximum atomic E-state index is 12.3. The van der Waals surface area contributed by atoms with E-state index in [9.17, 15) is 4.79 Å². The minimum Gasteiger partial charge on any atom is -0.352 e. The van der Waals surface area contributed by atoms with Crippen LogP contribution in [0, 0.1) is 0 Å². The number of nitrogens with one attached hydrogen (secondary N) is 1. The second kappa shape index (κ2) is 6.29. The summed E-state index contributed by atoms with van der Waals surface area (Å²) < 4.78 is 0. The van der Waals surface area contributed by atoms with Crippen LogP contribution in [0.1, 0.15) is 58.3 Å². The smallest absolute Gasteiger partial charge is 0.240 e. The summed E-state index contributed by atoms with van der Waals surface area (Å²) in [6.07, 6.45) is 8.71. The number of carbonyl (C=O) groups is 1. The van der Waals surface area contributed by atoms with Crippen molar-refractivity contribution >= 4 is 17.7 Å². The van der Waals surface area contributed by atoms with E-state index in [2.05, 4.69) is 12.2 Å². The number of carbonyl (C=O) groups excluding carboxylic acids is 1. The SMILES string of the molecule is CCSC1CCCC(NC(=O)C2(N)CCCC2)C1. The number of thioether (sulfide) groups is 1. The lowest BCUT2D eigenvalue weighted by atomic mass is 9.92. The Balaban J connectivity index is 1.83. The minimum atomic E-state index is -0.565. The zero-order valence-electron chi connectivity index (χ0n) is 11.4. The van der Waals surface area contributed by atoms with E-state index in [1.54, 1.807) is 0 Å². The molecule has 2 rings (SSSR count). The van der Waals surface area contributed by atoms with E-state index >= 15 is 0 Å². The Labute approximate surface area is 115 Å². The highest BCUT2D eigenvalue weighted by atomic mass is 32.2. The fraction of sp³-hybridized carbons (Fsp3) is 0.929. The summed E-state index contributed by atoms with van der Waals surface area (Å²) in [6.45, 7) is 2.21. The molecule has 0 heterocycles. The van der Waals surface area contributed by atoms with Crippen molar-refractivity contribution in [2.75, 3.05) is 5.75 Å². The molecule has 2 unspecified atom stereocenters.